The molecule has 9 heteroatoms. The Labute approximate surface area is 204 Å². The standard InChI is InChI=1S/C26H31N3O6/c1-5-6-14-35-21-11-10-19(15-17(21)2)24(30)22-23(18-8-7-9-20(16-18)29(33)34)28(13-12-27(3)4)26(32)25(22)31/h7-11,15-16,23,30H,5-6,12-14H2,1-4H3/b24-22+/t23-/m1/s1. The van der Waals surface area contributed by atoms with Gasteiger partial charge in [-0.3, -0.25) is 19.7 Å². The van der Waals surface area contributed by atoms with Gasteiger partial charge in [0, 0.05) is 30.8 Å². The van der Waals surface area contributed by atoms with Gasteiger partial charge in [-0.25, -0.2) is 0 Å². The molecule has 186 valence electrons. The Bertz CT molecular complexity index is 1160. The molecule has 0 bridgehead atoms. The summed E-state index contributed by atoms with van der Waals surface area (Å²) >= 11 is 0. The molecular weight excluding hydrogens is 450 g/mol. The van der Waals surface area contributed by atoms with E-state index in [2.05, 4.69) is 6.92 Å². The summed E-state index contributed by atoms with van der Waals surface area (Å²) in [6.07, 6.45) is 1.92. The molecule has 1 heterocycles. The van der Waals surface area contributed by atoms with Gasteiger partial charge in [0.15, 0.2) is 0 Å². The third-order valence-electron chi connectivity index (χ3n) is 5.93. The van der Waals surface area contributed by atoms with Crippen molar-refractivity contribution in [3.63, 3.8) is 0 Å². The number of benzene rings is 2. The molecule has 0 aliphatic carbocycles. The third-order valence-corrected chi connectivity index (χ3v) is 5.93. The molecule has 9 nitrogen and oxygen atoms in total. The number of aryl methyl sites for hydroxylation is 1. The van der Waals surface area contributed by atoms with Crippen molar-refractivity contribution in [3.8, 4) is 5.75 Å². The number of carbonyl (C=O) groups is 2. The second-order valence-corrected chi connectivity index (χ2v) is 8.83. The van der Waals surface area contributed by atoms with Crippen LogP contribution in [0.4, 0.5) is 5.69 Å². The predicted octanol–water partition coefficient (Wildman–Crippen LogP) is 4.07. The largest absolute Gasteiger partial charge is 0.507 e. The number of Topliss-reactive ketones (excluding diaryl/α,β-unsaturated/α-hetero) is 1. The van der Waals surface area contributed by atoms with E-state index in [1.165, 1.54) is 23.1 Å². The van der Waals surface area contributed by atoms with Gasteiger partial charge in [-0.1, -0.05) is 25.5 Å². The Balaban J connectivity index is 2.10. The van der Waals surface area contributed by atoms with Crippen LogP contribution in [-0.4, -0.2) is 65.3 Å². The van der Waals surface area contributed by atoms with Crippen LogP contribution in [0.5, 0.6) is 5.75 Å². The number of nitro benzene ring substituents is 1. The van der Waals surface area contributed by atoms with Crippen LogP contribution in [-0.2, 0) is 9.59 Å². The summed E-state index contributed by atoms with van der Waals surface area (Å²) in [5.41, 5.74) is 1.28. The molecule has 0 spiro atoms. The normalized spacial score (nSPS) is 17.3. The van der Waals surface area contributed by atoms with Gasteiger partial charge in [0.05, 0.1) is 23.1 Å². The van der Waals surface area contributed by atoms with Crippen LogP contribution in [0.2, 0.25) is 0 Å². The lowest BCUT2D eigenvalue weighted by Gasteiger charge is -2.26. The molecule has 0 radical (unpaired) electrons. The lowest BCUT2D eigenvalue weighted by atomic mass is 9.94. The fraction of sp³-hybridized carbons (Fsp3) is 0.385. The number of likely N-dealkylation sites (tertiary alicyclic amines) is 1. The summed E-state index contributed by atoms with van der Waals surface area (Å²) in [4.78, 5) is 40.2. The maximum absolute atomic E-state index is 13.1. The number of hydrogen-bond donors (Lipinski definition) is 1. The minimum absolute atomic E-state index is 0.0895. The topological polar surface area (TPSA) is 113 Å². The van der Waals surface area contributed by atoms with E-state index in [0.717, 1.165) is 18.4 Å². The monoisotopic (exact) mass is 481 g/mol. The van der Waals surface area contributed by atoms with E-state index in [9.17, 15) is 24.8 Å². The Kier molecular flexibility index (Phi) is 8.24. The smallest absolute Gasteiger partial charge is 0.295 e. The molecule has 1 saturated heterocycles. The number of amides is 1. The van der Waals surface area contributed by atoms with E-state index in [-0.39, 0.29) is 23.6 Å². The maximum atomic E-state index is 13.1. The van der Waals surface area contributed by atoms with Gasteiger partial charge in [-0.05, 0) is 56.8 Å². The van der Waals surface area contributed by atoms with E-state index in [0.29, 0.717) is 30.0 Å². The molecular formula is C26H31N3O6. The van der Waals surface area contributed by atoms with E-state index in [4.69, 9.17) is 4.74 Å². The number of hydrogen-bond acceptors (Lipinski definition) is 7. The number of nitrogens with zero attached hydrogens (tertiary/aromatic N) is 3. The van der Waals surface area contributed by atoms with Gasteiger partial charge in [-0.15, -0.1) is 0 Å². The molecule has 3 rings (SSSR count). The van der Waals surface area contributed by atoms with Crippen molar-refractivity contribution in [1.29, 1.82) is 0 Å². The highest BCUT2D eigenvalue weighted by Crippen LogP contribution is 2.40. The molecule has 1 atom stereocenters. The Morgan fingerprint density at radius 1 is 1.20 bits per heavy atom. The number of unbranched alkanes of at least 4 members (excludes halogenated alkanes) is 1. The number of ketones is 1. The number of nitro groups is 1. The second kappa shape index (κ2) is 11.1. The zero-order valence-electron chi connectivity index (χ0n) is 20.5. The maximum Gasteiger partial charge on any atom is 0.295 e. The van der Waals surface area contributed by atoms with Gasteiger partial charge < -0.3 is 19.6 Å². The molecule has 1 aliphatic heterocycles. The van der Waals surface area contributed by atoms with Gasteiger partial charge in [-0.2, -0.15) is 0 Å². The van der Waals surface area contributed by atoms with Crippen molar-refractivity contribution in [2.45, 2.75) is 32.7 Å². The van der Waals surface area contributed by atoms with Gasteiger partial charge >= 0.3 is 0 Å². The fourth-order valence-corrected chi connectivity index (χ4v) is 4.01. The van der Waals surface area contributed by atoms with Crippen molar-refractivity contribution in [3.05, 3.63) is 74.8 Å². The number of aliphatic hydroxyl groups is 1. The van der Waals surface area contributed by atoms with Crippen LogP contribution in [0.25, 0.3) is 5.76 Å². The van der Waals surface area contributed by atoms with E-state index in [1.807, 2.05) is 25.9 Å². The molecule has 1 amide bonds. The molecule has 35 heavy (non-hydrogen) atoms. The Morgan fingerprint density at radius 3 is 2.57 bits per heavy atom. The van der Waals surface area contributed by atoms with E-state index >= 15 is 0 Å². The zero-order valence-corrected chi connectivity index (χ0v) is 20.5. The van der Waals surface area contributed by atoms with Crippen LogP contribution in [0.15, 0.2) is 48.0 Å². The van der Waals surface area contributed by atoms with Crippen molar-refractivity contribution in [2.75, 3.05) is 33.8 Å². The van der Waals surface area contributed by atoms with Crippen LogP contribution in [0.3, 0.4) is 0 Å². The first-order valence-corrected chi connectivity index (χ1v) is 11.6. The SMILES string of the molecule is CCCCOc1ccc(/C(O)=C2\C(=O)C(=O)N(CCN(C)C)[C@@H]2c2cccc([N+](=O)[O-])c2)cc1C. The predicted molar refractivity (Wildman–Crippen MR) is 132 cm³/mol. The van der Waals surface area contributed by atoms with Crippen LogP contribution < -0.4 is 4.74 Å². The van der Waals surface area contributed by atoms with Gasteiger partial charge in [0.2, 0.25) is 0 Å². The Hall–Kier alpha value is -3.72. The van der Waals surface area contributed by atoms with E-state index in [1.54, 1.807) is 24.3 Å². The lowest BCUT2D eigenvalue weighted by molar-refractivity contribution is -0.384. The highest BCUT2D eigenvalue weighted by Gasteiger charge is 2.46. The van der Waals surface area contributed by atoms with E-state index < -0.39 is 22.7 Å². The summed E-state index contributed by atoms with van der Waals surface area (Å²) in [5, 5.41) is 22.6. The first-order valence-electron chi connectivity index (χ1n) is 11.6. The minimum Gasteiger partial charge on any atom is -0.507 e. The molecule has 0 saturated carbocycles. The molecule has 2 aromatic carbocycles. The first kappa shape index (κ1) is 25.9. The second-order valence-electron chi connectivity index (χ2n) is 8.83. The Morgan fingerprint density at radius 2 is 1.94 bits per heavy atom. The molecule has 2 aromatic rings. The average Bonchev–Trinajstić information content (AvgIpc) is 3.08. The van der Waals surface area contributed by atoms with Crippen molar-refractivity contribution in [1.82, 2.24) is 9.80 Å². The van der Waals surface area contributed by atoms with Crippen molar-refractivity contribution >= 4 is 23.1 Å². The van der Waals surface area contributed by atoms with Crippen LogP contribution in [0, 0.1) is 17.0 Å². The van der Waals surface area contributed by atoms with Gasteiger partial charge in [0.1, 0.15) is 11.5 Å². The third kappa shape index (κ3) is 5.68. The molecule has 1 N–H and O–H groups in total. The van der Waals surface area contributed by atoms with Crippen molar-refractivity contribution in [2.24, 2.45) is 0 Å². The number of non-ortho nitro benzene ring substituents is 1. The van der Waals surface area contributed by atoms with Gasteiger partial charge in [0.25, 0.3) is 17.4 Å². The van der Waals surface area contributed by atoms with Crippen LogP contribution in [0.1, 0.15) is 42.5 Å². The van der Waals surface area contributed by atoms with Crippen LogP contribution >= 0.6 is 0 Å². The number of aliphatic hydroxyl groups excluding tert-OH is 1. The molecule has 1 aliphatic rings. The quantitative estimate of drug-likeness (QED) is 0.136. The highest BCUT2D eigenvalue weighted by atomic mass is 16.6. The number of carbonyl (C=O) groups excluding carboxylic acids is 2. The lowest BCUT2D eigenvalue weighted by Crippen LogP contribution is -2.35. The zero-order chi connectivity index (χ0) is 25.7. The fourth-order valence-electron chi connectivity index (χ4n) is 4.01. The summed E-state index contributed by atoms with van der Waals surface area (Å²) in [6.45, 7) is 5.17. The number of rotatable bonds is 10. The number of ether oxygens (including phenoxy) is 1. The molecule has 0 aromatic heterocycles. The average molecular weight is 482 g/mol. The number of likely N-dealkylation sites (N-methyl/N-ethyl adjacent to an activating group) is 1. The van der Waals surface area contributed by atoms with Crippen molar-refractivity contribution < 1.29 is 24.4 Å². The first-order chi connectivity index (χ1) is 16.6. The highest BCUT2D eigenvalue weighted by molar-refractivity contribution is 6.46. The summed E-state index contributed by atoms with van der Waals surface area (Å²) < 4.78 is 5.78. The molecule has 1 fully saturated rings. The summed E-state index contributed by atoms with van der Waals surface area (Å²) in [5.74, 6) is -1.22. The molecule has 0 unspecified atom stereocenters. The summed E-state index contributed by atoms with van der Waals surface area (Å²) in [7, 11) is 3.68. The minimum atomic E-state index is -0.948. The summed E-state index contributed by atoms with van der Waals surface area (Å²) in [6, 6.07) is 9.93.